The van der Waals surface area contributed by atoms with Crippen molar-refractivity contribution in [3.8, 4) is 5.75 Å². The van der Waals surface area contributed by atoms with E-state index in [0.717, 1.165) is 24.8 Å². The first kappa shape index (κ1) is 27.5. The first-order chi connectivity index (χ1) is 18.8. The van der Waals surface area contributed by atoms with Gasteiger partial charge in [0.2, 0.25) is 5.95 Å². The molecule has 40 heavy (non-hydrogen) atoms. The van der Waals surface area contributed by atoms with E-state index in [1.807, 2.05) is 6.07 Å². The zero-order valence-corrected chi connectivity index (χ0v) is 22.3. The molecule has 0 spiro atoms. The highest BCUT2D eigenvalue weighted by atomic mass is 19.4. The van der Waals surface area contributed by atoms with Gasteiger partial charge in [-0.1, -0.05) is 20.8 Å². The second-order valence-corrected chi connectivity index (χ2v) is 11.2. The molecule has 3 aromatic carbocycles. The molecule has 1 fully saturated rings. The highest BCUT2D eigenvalue weighted by Crippen LogP contribution is 2.46. The molecule has 0 saturated heterocycles. The van der Waals surface area contributed by atoms with E-state index in [9.17, 15) is 22.4 Å². The molecule has 2 atom stereocenters. The minimum absolute atomic E-state index is 0.113. The summed E-state index contributed by atoms with van der Waals surface area (Å²) in [7, 11) is 0. The zero-order chi connectivity index (χ0) is 28.7. The number of halogens is 4. The summed E-state index contributed by atoms with van der Waals surface area (Å²) in [6.07, 6.45) is -1.81. The predicted molar refractivity (Wildman–Crippen MR) is 146 cm³/mol. The molecule has 10 heteroatoms. The molecular weight excluding hydrogens is 524 g/mol. The first-order valence-electron chi connectivity index (χ1n) is 13.1. The minimum atomic E-state index is -4.77. The number of aromatic nitrogens is 2. The number of ether oxygens (including phenoxy) is 1. The molecule has 1 aliphatic carbocycles. The Labute approximate surface area is 229 Å². The lowest BCUT2D eigenvalue weighted by molar-refractivity contribution is -0.274. The molecule has 1 aromatic heterocycles. The Kier molecular flexibility index (Phi) is 7.20. The molecule has 1 saturated carbocycles. The maximum Gasteiger partial charge on any atom is 0.573 e. The minimum Gasteiger partial charge on any atom is -0.406 e. The number of fused-ring (bicyclic) bond motifs is 1. The third-order valence-corrected chi connectivity index (χ3v) is 7.13. The van der Waals surface area contributed by atoms with Crippen molar-refractivity contribution in [1.82, 2.24) is 9.55 Å². The molecule has 0 unspecified atom stereocenters. The molecule has 0 radical (unpaired) electrons. The van der Waals surface area contributed by atoms with E-state index in [0.29, 0.717) is 34.3 Å². The van der Waals surface area contributed by atoms with Gasteiger partial charge in [-0.15, -0.1) is 13.2 Å². The predicted octanol–water partition coefficient (Wildman–Crippen LogP) is 8.46. The molecule has 4 aromatic rings. The molecule has 6 nitrogen and oxygen atoms in total. The average molecular weight is 555 g/mol. The molecule has 0 bridgehead atoms. The van der Waals surface area contributed by atoms with Gasteiger partial charge in [0.25, 0.3) is 5.91 Å². The zero-order valence-electron chi connectivity index (χ0n) is 22.3. The highest BCUT2D eigenvalue weighted by molar-refractivity contribution is 6.06. The smallest absolute Gasteiger partial charge is 0.406 e. The van der Waals surface area contributed by atoms with Gasteiger partial charge in [-0.2, -0.15) is 0 Å². The molecular formula is C30H30F4N4O2. The van der Waals surface area contributed by atoms with Crippen LogP contribution in [0.5, 0.6) is 5.75 Å². The summed E-state index contributed by atoms with van der Waals surface area (Å²) in [6, 6.07) is 16.4. The highest BCUT2D eigenvalue weighted by Gasteiger charge is 2.35. The summed E-state index contributed by atoms with van der Waals surface area (Å²) in [6.45, 7) is 6.73. The van der Waals surface area contributed by atoms with Crippen LogP contribution >= 0.6 is 0 Å². The number of amides is 1. The van der Waals surface area contributed by atoms with Gasteiger partial charge in [-0.25, -0.2) is 9.37 Å². The number of imidazole rings is 1. The molecule has 0 aliphatic heterocycles. The number of carbonyl (C=O) groups excluding carboxylic acids is 1. The van der Waals surface area contributed by atoms with Crippen LogP contribution in [-0.4, -0.2) is 21.8 Å². The number of anilines is 3. The fourth-order valence-electron chi connectivity index (χ4n) is 5.80. The second kappa shape index (κ2) is 10.5. The van der Waals surface area contributed by atoms with Crippen LogP contribution in [0.3, 0.4) is 0 Å². The van der Waals surface area contributed by atoms with Gasteiger partial charge in [-0.3, -0.25) is 4.79 Å². The van der Waals surface area contributed by atoms with E-state index < -0.39 is 12.2 Å². The number of rotatable bonds is 6. The SMILES string of the molecule is C[C@@H]1C[C@H](n2c(Nc3ccc(OC(F)(F)F)cc3)nc3cc(C(=O)Nc4ccc(F)cc4)ccc32)CC(C)(C)C1. The van der Waals surface area contributed by atoms with E-state index in [-0.39, 0.29) is 23.1 Å². The monoisotopic (exact) mass is 554 g/mol. The summed E-state index contributed by atoms with van der Waals surface area (Å²) in [5, 5.41) is 6.03. The normalized spacial score (nSPS) is 18.9. The lowest BCUT2D eigenvalue weighted by Gasteiger charge is -2.40. The quantitative estimate of drug-likeness (QED) is 0.235. The molecule has 1 aliphatic rings. The van der Waals surface area contributed by atoms with Gasteiger partial charge < -0.3 is 19.9 Å². The molecule has 210 valence electrons. The van der Waals surface area contributed by atoms with Gasteiger partial charge in [0.05, 0.1) is 11.0 Å². The summed E-state index contributed by atoms with van der Waals surface area (Å²) in [5.74, 6) is -0.0479. The second-order valence-electron chi connectivity index (χ2n) is 11.2. The van der Waals surface area contributed by atoms with E-state index >= 15 is 0 Å². The Morgan fingerprint density at radius 3 is 2.33 bits per heavy atom. The number of hydrogen-bond donors (Lipinski definition) is 2. The standard InChI is InChI=1S/C30H30F4N4O2/c1-18-14-23(17-29(2,3)16-18)38-26-13-4-19(27(39)35-21-7-5-20(31)6-8-21)15-25(26)37-28(38)36-22-9-11-24(12-10-22)40-30(32,33)34/h4-13,15,18,23H,14,16-17H2,1-3H3,(H,35,39)(H,36,37)/t18-,23+/m1/s1. The summed E-state index contributed by atoms with van der Waals surface area (Å²) in [5.41, 5.74) is 2.95. The van der Waals surface area contributed by atoms with Crippen LogP contribution in [0.15, 0.2) is 66.7 Å². The Balaban J connectivity index is 1.49. The third kappa shape index (κ3) is 6.38. The van der Waals surface area contributed by atoms with Crippen LogP contribution in [0.25, 0.3) is 11.0 Å². The maximum atomic E-state index is 13.2. The van der Waals surface area contributed by atoms with Crippen molar-refractivity contribution < 1.29 is 27.1 Å². The number of nitrogens with one attached hydrogen (secondary N) is 2. The van der Waals surface area contributed by atoms with Crippen LogP contribution in [0.2, 0.25) is 0 Å². The molecule has 2 N–H and O–H groups in total. The van der Waals surface area contributed by atoms with Crippen molar-refractivity contribution in [2.45, 2.75) is 52.4 Å². The Morgan fingerprint density at radius 2 is 1.68 bits per heavy atom. The van der Waals surface area contributed by atoms with Gasteiger partial charge in [-0.05, 0) is 97.3 Å². The molecule has 5 rings (SSSR count). The Hall–Kier alpha value is -4.08. The van der Waals surface area contributed by atoms with Crippen molar-refractivity contribution in [1.29, 1.82) is 0 Å². The van der Waals surface area contributed by atoms with Crippen LogP contribution < -0.4 is 15.4 Å². The third-order valence-electron chi connectivity index (χ3n) is 7.13. The Morgan fingerprint density at radius 1 is 1.00 bits per heavy atom. The van der Waals surface area contributed by atoms with Crippen molar-refractivity contribution >= 4 is 34.3 Å². The Bertz CT molecular complexity index is 1510. The van der Waals surface area contributed by atoms with Gasteiger partial charge in [0, 0.05) is 23.0 Å². The fraction of sp³-hybridized carbons (Fsp3) is 0.333. The number of carbonyl (C=O) groups is 1. The summed E-state index contributed by atoms with van der Waals surface area (Å²) in [4.78, 5) is 17.7. The van der Waals surface area contributed by atoms with Crippen LogP contribution in [0.4, 0.5) is 34.9 Å². The van der Waals surface area contributed by atoms with Crippen LogP contribution in [0, 0.1) is 17.2 Å². The first-order valence-corrected chi connectivity index (χ1v) is 13.1. The van der Waals surface area contributed by atoms with E-state index in [1.54, 1.807) is 12.1 Å². The van der Waals surface area contributed by atoms with E-state index in [2.05, 4.69) is 40.7 Å². The molecule has 1 heterocycles. The van der Waals surface area contributed by atoms with Crippen molar-refractivity contribution in [2.75, 3.05) is 10.6 Å². The van der Waals surface area contributed by atoms with E-state index in [1.165, 1.54) is 48.5 Å². The lowest BCUT2D eigenvalue weighted by atomic mass is 9.70. The largest absolute Gasteiger partial charge is 0.573 e. The van der Waals surface area contributed by atoms with Crippen molar-refractivity contribution in [3.05, 3.63) is 78.1 Å². The number of nitrogens with zero attached hydrogens (tertiary/aromatic N) is 2. The van der Waals surface area contributed by atoms with E-state index in [4.69, 9.17) is 4.98 Å². The summed E-state index contributed by atoms with van der Waals surface area (Å²) < 4.78 is 57.1. The van der Waals surface area contributed by atoms with Crippen LogP contribution in [-0.2, 0) is 0 Å². The lowest BCUT2D eigenvalue weighted by Crippen LogP contribution is -2.29. The van der Waals surface area contributed by atoms with Crippen LogP contribution in [0.1, 0.15) is 56.4 Å². The van der Waals surface area contributed by atoms with Crippen molar-refractivity contribution in [3.63, 3.8) is 0 Å². The van der Waals surface area contributed by atoms with Gasteiger partial charge >= 0.3 is 6.36 Å². The van der Waals surface area contributed by atoms with Gasteiger partial charge in [0.1, 0.15) is 11.6 Å². The topological polar surface area (TPSA) is 68.2 Å². The average Bonchev–Trinajstić information content (AvgIpc) is 3.21. The van der Waals surface area contributed by atoms with Crippen molar-refractivity contribution in [2.24, 2.45) is 11.3 Å². The number of alkyl halides is 3. The summed E-state index contributed by atoms with van der Waals surface area (Å²) >= 11 is 0. The molecule has 1 amide bonds. The van der Waals surface area contributed by atoms with Gasteiger partial charge in [0.15, 0.2) is 0 Å². The number of benzene rings is 3. The number of hydrogen-bond acceptors (Lipinski definition) is 4. The maximum absolute atomic E-state index is 13.2. The fourth-order valence-corrected chi connectivity index (χ4v) is 5.80.